The van der Waals surface area contributed by atoms with Crippen molar-refractivity contribution >= 4 is 28.6 Å². The average molecular weight is 711 g/mol. The van der Waals surface area contributed by atoms with Gasteiger partial charge in [0.25, 0.3) is 0 Å². The molecule has 3 heteroatoms. The van der Waals surface area contributed by atoms with Gasteiger partial charge in [0.15, 0.2) is 5.84 Å². The molecule has 54 heavy (non-hydrogen) atoms. The molecule has 6 aromatic carbocycles. The summed E-state index contributed by atoms with van der Waals surface area (Å²) < 4.78 is 0. The van der Waals surface area contributed by atoms with E-state index in [-0.39, 0.29) is 5.78 Å². The first-order valence-corrected chi connectivity index (χ1v) is 18.2. The second-order valence-corrected chi connectivity index (χ2v) is 13.3. The fourth-order valence-electron chi connectivity index (χ4n) is 5.22. The molecule has 274 valence electrons. The number of Topliss-reactive ketones (excluding diaryl/α,β-unsaturated/α-hetero) is 1. The second kappa shape index (κ2) is 22.0. The van der Waals surface area contributed by atoms with E-state index < -0.39 is 0 Å². The summed E-state index contributed by atoms with van der Waals surface area (Å²) in [5.41, 5.74) is 14.6. The van der Waals surface area contributed by atoms with Crippen molar-refractivity contribution in [3.63, 3.8) is 0 Å². The summed E-state index contributed by atoms with van der Waals surface area (Å²) in [6.45, 7) is 23.7. The Kier molecular flexibility index (Phi) is 17.2. The number of nitrogens with zero attached hydrogens (tertiary/aromatic N) is 2. The molecule has 0 radical (unpaired) electrons. The summed E-state index contributed by atoms with van der Waals surface area (Å²) in [5, 5.41) is 0. The quantitative estimate of drug-likeness (QED) is 0.125. The number of carbonyl (C=O) groups is 1. The first-order valence-electron chi connectivity index (χ1n) is 18.2. The van der Waals surface area contributed by atoms with Crippen LogP contribution in [0.5, 0.6) is 0 Å². The van der Waals surface area contributed by atoms with Crippen molar-refractivity contribution in [2.24, 2.45) is 9.98 Å². The molecule has 0 aliphatic heterocycles. The Hall–Kier alpha value is -6.19. The Morgan fingerprint density at radius 1 is 0.463 bits per heavy atom. The zero-order valence-electron chi connectivity index (χ0n) is 33.2. The molecular weight excluding hydrogens is 657 g/mol. The third-order valence-corrected chi connectivity index (χ3v) is 8.32. The Labute approximate surface area is 324 Å². The predicted molar refractivity (Wildman–Crippen MR) is 235 cm³/mol. The molecule has 0 saturated heterocycles. The minimum atomic E-state index is 0.167. The van der Waals surface area contributed by atoms with Crippen molar-refractivity contribution in [2.75, 3.05) is 0 Å². The number of ketones is 1. The average Bonchev–Trinajstić information content (AvgIpc) is 3.17. The standard InChI is InChI=1S/C31H28N2.C10H12.C7H8.C3H6O/c1-22-18-19-30(20-23(22)2)29-17-11-16-28(21-29)25(4)33-31(27-14-9-6-10-15-27)32-24(3)26-12-7-5-8-13-26;1-8(2)10-7-5-4-6-9(10)3;1-7-5-3-2-4-6-7;1-3(2)4/h5-21H,4H2,1-3H3;4-7H,1H2,2-3H3;2-6H,1H3;1-2H3. The third kappa shape index (κ3) is 14.4. The number of benzene rings is 6. The molecule has 0 unspecified atom stereocenters. The lowest BCUT2D eigenvalue weighted by molar-refractivity contribution is -0.115. The Balaban J connectivity index is 0.000000301. The summed E-state index contributed by atoms with van der Waals surface area (Å²) >= 11 is 0. The molecule has 6 aromatic rings. The van der Waals surface area contributed by atoms with Crippen molar-refractivity contribution in [2.45, 2.75) is 55.4 Å². The van der Waals surface area contributed by atoms with Crippen LogP contribution in [0.4, 0.5) is 0 Å². The molecule has 0 aromatic heterocycles. The largest absolute Gasteiger partial charge is 0.300 e. The summed E-state index contributed by atoms with van der Waals surface area (Å²) in [4.78, 5) is 19.2. The van der Waals surface area contributed by atoms with Crippen LogP contribution in [0.3, 0.4) is 0 Å². The topological polar surface area (TPSA) is 41.8 Å². The van der Waals surface area contributed by atoms with Crippen LogP contribution in [0.1, 0.15) is 72.2 Å². The van der Waals surface area contributed by atoms with Crippen LogP contribution in [0.15, 0.2) is 181 Å². The van der Waals surface area contributed by atoms with Crippen LogP contribution in [-0.2, 0) is 4.79 Å². The molecule has 0 N–H and O–H groups in total. The zero-order chi connectivity index (χ0) is 39.5. The van der Waals surface area contributed by atoms with Crippen LogP contribution < -0.4 is 0 Å². The molecule has 0 heterocycles. The van der Waals surface area contributed by atoms with E-state index in [1.165, 1.54) is 47.2 Å². The molecule has 6 rings (SSSR count). The first kappa shape index (κ1) is 42.2. The maximum absolute atomic E-state index is 9.44. The van der Waals surface area contributed by atoms with Gasteiger partial charge in [0.2, 0.25) is 0 Å². The van der Waals surface area contributed by atoms with E-state index in [9.17, 15) is 4.79 Å². The Morgan fingerprint density at radius 2 is 0.963 bits per heavy atom. The van der Waals surface area contributed by atoms with Crippen LogP contribution in [0, 0.1) is 27.7 Å². The zero-order valence-corrected chi connectivity index (χ0v) is 33.2. The lowest BCUT2D eigenvalue weighted by atomic mass is 9.98. The number of carbonyl (C=O) groups excluding carboxylic acids is 1. The Morgan fingerprint density at radius 3 is 1.46 bits per heavy atom. The number of hydrogen-bond acceptors (Lipinski definition) is 2. The fourth-order valence-corrected chi connectivity index (χ4v) is 5.22. The lowest BCUT2D eigenvalue weighted by Gasteiger charge is -2.09. The van der Waals surface area contributed by atoms with Crippen LogP contribution in [0.2, 0.25) is 0 Å². The van der Waals surface area contributed by atoms with Gasteiger partial charge in [-0.2, -0.15) is 0 Å². The lowest BCUT2D eigenvalue weighted by Crippen LogP contribution is -2.04. The van der Waals surface area contributed by atoms with E-state index in [4.69, 9.17) is 9.98 Å². The number of amidine groups is 1. The molecular formula is C51H54N2O. The van der Waals surface area contributed by atoms with E-state index >= 15 is 0 Å². The van der Waals surface area contributed by atoms with Gasteiger partial charge < -0.3 is 4.79 Å². The SMILES string of the molecule is C=C(C)c1ccccc1C.C=C(N=C(N=C(C)c1ccccc1)c1ccccc1)c1cccc(-c2ccc(C)c(C)c2)c1.CC(C)=O.Cc1ccccc1. The highest BCUT2D eigenvalue weighted by Gasteiger charge is 2.08. The highest BCUT2D eigenvalue weighted by molar-refractivity contribution is 6.12. The predicted octanol–water partition coefficient (Wildman–Crippen LogP) is 13.5. The highest BCUT2D eigenvalue weighted by atomic mass is 16.1. The van der Waals surface area contributed by atoms with Crippen molar-refractivity contribution in [3.05, 3.63) is 215 Å². The number of aryl methyl sites for hydroxylation is 4. The summed E-state index contributed by atoms with van der Waals surface area (Å²) in [6, 6.07) is 53.7. The normalized spacial score (nSPS) is 10.7. The van der Waals surface area contributed by atoms with Gasteiger partial charge in [-0.05, 0) is 100 Å². The summed E-state index contributed by atoms with van der Waals surface area (Å²) in [6.07, 6.45) is 0. The van der Waals surface area contributed by atoms with E-state index in [1.54, 1.807) is 0 Å². The van der Waals surface area contributed by atoms with Gasteiger partial charge in [-0.25, -0.2) is 9.98 Å². The van der Waals surface area contributed by atoms with Gasteiger partial charge in [0.1, 0.15) is 5.78 Å². The molecule has 0 spiro atoms. The van der Waals surface area contributed by atoms with Crippen LogP contribution >= 0.6 is 0 Å². The summed E-state index contributed by atoms with van der Waals surface area (Å²) in [5.74, 6) is 0.818. The van der Waals surface area contributed by atoms with Gasteiger partial charge in [-0.1, -0.05) is 176 Å². The molecule has 0 fully saturated rings. The van der Waals surface area contributed by atoms with E-state index in [1.807, 2.05) is 98.8 Å². The van der Waals surface area contributed by atoms with Gasteiger partial charge >= 0.3 is 0 Å². The number of hydrogen-bond donors (Lipinski definition) is 0. The van der Waals surface area contributed by atoms with Crippen LogP contribution in [0.25, 0.3) is 22.4 Å². The molecule has 0 aliphatic rings. The molecule has 3 nitrogen and oxygen atoms in total. The van der Waals surface area contributed by atoms with Crippen molar-refractivity contribution in [1.82, 2.24) is 0 Å². The number of rotatable bonds is 6. The van der Waals surface area contributed by atoms with Gasteiger partial charge in [-0.3, -0.25) is 0 Å². The van der Waals surface area contributed by atoms with Gasteiger partial charge in [-0.15, -0.1) is 0 Å². The second-order valence-electron chi connectivity index (χ2n) is 13.3. The number of allylic oxidation sites excluding steroid dienone is 1. The summed E-state index contributed by atoms with van der Waals surface area (Å²) in [7, 11) is 0. The molecule has 0 saturated carbocycles. The molecule has 0 bridgehead atoms. The smallest absolute Gasteiger partial charge is 0.160 e. The van der Waals surface area contributed by atoms with Crippen molar-refractivity contribution in [1.29, 1.82) is 0 Å². The van der Waals surface area contributed by atoms with Crippen molar-refractivity contribution in [3.8, 4) is 11.1 Å². The van der Waals surface area contributed by atoms with E-state index in [0.29, 0.717) is 11.5 Å². The van der Waals surface area contributed by atoms with E-state index in [0.717, 1.165) is 33.5 Å². The van der Waals surface area contributed by atoms with Gasteiger partial charge in [0, 0.05) is 16.8 Å². The molecule has 0 aliphatic carbocycles. The minimum Gasteiger partial charge on any atom is -0.300 e. The number of aliphatic imine (C=N–C) groups is 2. The highest BCUT2D eigenvalue weighted by Crippen LogP contribution is 2.26. The van der Waals surface area contributed by atoms with Gasteiger partial charge in [0.05, 0.1) is 5.70 Å². The molecule has 0 atom stereocenters. The van der Waals surface area contributed by atoms with E-state index in [2.05, 4.69) is 114 Å². The van der Waals surface area contributed by atoms with Crippen LogP contribution in [-0.4, -0.2) is 17.3 Å². The third-order valence-electron chi connectivity index (χ3n) is 8.32. The monoisotopic (exact) mass is 710 g/mol. The molecule has 0 amide bonds. The fraction of sp³-hybridized carbons (Fsp3) is 0.157. The minimum absolute atomic E-state index is 0.167. The Bertz CT molecular complexity index is 2170. The first-order chi connectivity index (χ1) is 25.8. The maximum Gasteiger partial charge on any atom is 0.160 e. The maximum atomic E-state index is 9.44. The van der Waals surface area contributed by atoms with Crippen molar-refractivity contribution < 1.29 is 4.79 Å².